The van der Waals surface area contributed by atoms with Gasteiger partial charge in [-0.2, -0.15) is 9.97 Å². The number of ether oxygens (including phenoxy) is 5. The molecule has 7 aliphatic heterocycles. The number of hydrogen-bond acceptors (Lipinski definition) is 25. The van der Waals surface area contributed by atoms with E-state index in [0.717, 1.165) is 41.2 Å². The van der Waals surface area contributed by atoms with Crippen molar-refractivity contribution in [2.45, 2.75) is 138 Å². The van der Waals surface area contributed by atoms with Crippen LogP contribution in [0.4, 0.5) is 32.3 Å². The van der Waals surface area contributed by atoms with Gasteiger partial charge in [0.05, 0.1) is 19.5 Å². The van der Waals surface area contributed by atoms with Gasteiger partial charge in [0, 0.05) is 30.8 Å². The molecule has 2 aromatic rings. The number of aromatic nitrogens is 4. The van der Waals surface area contributed by atoms with Gasteiger partial charge in [0.1, 0.15) is 77.7 Å². The smallest absolute Gasteiger partial charge is 0.268 e. The van der Waals surface area contributed by atoms with Crippen molar-refractivity contribution in [3.63, 3.8) is 0 Å². The molecule has 81 heavy (non-hydrogen) atoms. The van der Waals surface area contributed by atoms with Crippen molar-refractivity contribution in [1.82, 2.24) is 44.9 Å². The van der Waals surface area contributed by atoms with Crippen LogP contribution in [0.5, 0.6) is 5.88 Å². The number of halogens is 6. The standard InChI is InChI=1S/C13H17F2N5O4.C11H15F2N3O3.C11H14F2N2O4.C11H16N2O5.CH4/c1-3-23-8-6-7(18-11(16)19-8)20(5-17-6)10-12(2,22)9(14)13(15,4-21)24-10;1-6-15-7(14)3-4-16(6)9-10(2,18)8(12)11(13,5-17)19-9;1-6-14-7(17)3-4-15(6)9-10(2,18)8(12)11(13,5-16)19-9;1-6-12-8(15)3-4-13(6)10-11(2,17)9(16)7(5-14)18-10;/h5,9-10,21-22H,3-4H2,1-2H3,(H2,16,18,19);3-4,8-9,17-18H,1,5H2,2H3,(H2,14,15);3-4,8-9,16,18H,1,5H2,2H3,(H,14,17);3-4,7,9-10,14,16-17H,1,5H2,2H3,(H,12,15);1H4/t9-,10+,12+,13+;2*8-,9+,10+,11+;7-,9-,10-,11-;/m0001./s1. The number of anilines is 1. The van der Waals surface area contributed by atoms with Crippen LogP contribution in [0, 0.1) is 0 Å². The van der Waals surface area contributed by atoms with Crippen LogP contribution >= 0.6 is 0 Å². The Morgan fingerprint density at radius 3 is 1.53 bits per heavy atom. The van der Waals surface area contributed by atoms with Crippen LogP contribution in [-0.4, -0.2) is 220 Å². The van der Waals surface area contributed by atoms with E-state index < -0.39 is 128 Å². The van der Waals surface area contributed by atoms with Crippen LogP contribution in [0.2, 0.25) is 0 Å². The first kappa shape index (κ1) is 65.3. The highest BCUT2D eigenvalue weighted by Crippen LogP contribution is 2.49. The minimum Gasteiger partial charge on any atom is -0.476 e. The van der Waals surface area contributed by atoms with Gasteiger partial charge < -0.3 is 106 Å². The minimum absolute atomic E-state index is 0. The highest BCUT2D eigenvalue weighted by molar-refractivity contribution is 5.92. The number of nitrogen functional groups attached to an aromatic ring is 1. The number of aliphatic imine (C=N–C) groups is 1. The number of amidine groups is 1. The van der Waals surface area contributed by atoms with E-state index >= 15 is 0 Å². The van der Waals surface area contributed by atoms with Gasteiger partial charge in [-0.1, -0.05) is 27.2 Å². The Bertz CT molecular complexity index is 2830. The van der Waals surface area contributed by atoms with E-state index in [-0.39, 0.29) is 59.6 Å². The first-order valence-corrected chi connectivity index (χ1v) is 23.8. The summed E-state index contributed by atoms with van der Waals surface area (Å²) in [6.45, 7) is 13.2. The van der Waals surface area contributed by atoms with E-state index in [9.17, 15) is 61.5 Å². The highest BCUT2D eigenvalue weighted by Gasteiger charge is 2.67. The Morgan fingerprint density at radius 1 is 0.691 bits per heavy atom. The zero-order chi connectivity index (χ0) is 60.0. The quantitative estimate of drug-likeness (QED) is 0.117. The lowest BCUT2D eigenvalue weighted by Gasteiger charge is -2.37. The third-order valence-corrected chi connectivity index (χ3v) is 13.3. The number of aliphatic hydroxyl groups excluding tert-OH is 5. The molecular weight excluding hydrogens is 1100 g/mol. The molecule has 452 valence electrons. The third-order valence-electron chi connectivity index (χ3n) is 13.3. The average Bonchev–Trinajstić information content (AvgIpc) is 4.12. The molecule has 9 heterocycles. The van der Waals surface area contributed by atoms with Gasteiger partial charge in [0.25, 0.3) is 29.4 Å². The average molecular weight is 1170 g/mol. The van der Waals surface area contributed by atoms with Gasteiger partial charge in [-0.05, 0) is 40.7 Å². The Hall–Kier alpha value is -6.54. The van der Waals surface area contributed by atoms with Crippen LogP contribution in [0.25, 0.3) is 11.2 Å². The highest BCUT2D eigenvalue weighted by atomic mass is 19.2. The van der Waals surface area contributed by atoms with E-state index in [0.29, 0.717) is 6.61 Å². The Balaban J connectivity index is 0.000000199. The molecule has 0 aliphatic carbocycles. The fourth-order valence-corrected chi connectivity index (χ4v) is 8.96. The maximum atomic E-state index is 14.3. The molecule has 2 amide bonds. The molecule has 9 rings (SSSR count). The molecule has 0 aromatic carbocycles. The summed E-state index contributed by atoms with van der Waals surface area (Å²) < 4.78 is 111. The third kappa shape index (κ3) is 12.0. The number of amides is 2. The number of fused-ring (bicyclic) bond motifs is 1. The number of aliphatic hydroxyl groups is 9. The number of nitrogens with two attached hydrogens (primary N) is 2. The predicted octanol–water partition coefficient (Wildman–Crippen LogP) is -1.79. The minimum atomic E-state index is -3.05. The molecule has 28 nitrogen and oxygen atoms in total. The summed E-state index contributed by atoms with van der Waals surface area (Å²) in [6.07, 6.45) is -5.97. The van der Waals surface area contributed by atoms with E-state index in [2.05, 4.69) is 50.3 Å². The van der Waals surface area contributed by atoms with Crippen molar-refractivity contribution in [1.29, 1.82) is 0 Å². The fourth-order valence-electron chi connectivity index (χ4n) is 8.96. The van der Waals surface area contributed by atoms with Gasteiger partial charge in [-0.3, -0.25) is 14.2 Å². The maximum absolute atomic E-state index is 14.3. The van der Waals surface area contributed by atoms with Crippen LogP contribution in [-0.2, 0) is 28.5 Å². The Morgan fingerprint density at radius 2 is 1.12 bits per heavy atom. The number of nitrogens with one attached hydrogen (secondary N) is 2. The molecule has 0 bridgehead atoms. The summed E-state index contributed by atoms with van der Waals surface area (Å²) in [4.78, 5) is 41.6. The molecule has 4 saturated heterocycles. The number of nitrogens with zero attached hydrogens (tertiary/aromatic N) is 8. The molecule has 34 heteroatoms. The SMILES string of the molecule is C.C=C1N=C(N)C=CN1[C@@H]1O[C@](F)(CO)[C@@H](F)[C@@]1(C)O.C=C1NC(=O)C=CN1[C@@H]1O[C@H](CO)[C@@H](O)[C@@]1(C)O.C=C1NC(=O)C=CN1[C@@H]1O[C@](F)(CO)[C@@H](F)[C@@]1(C)O.CCOc1nc(N)nc2c1ncn2[C@@H]1O[C@](F)(CO)[C@@H](F)[C@@]1(C)O. The molecule has 2 aromatic heterocycles. The maximum Gasteiger partial charge on any atom is 0.268 e. The lowest BCUT2D eigenvalue weighted by atomic mass is 9.96. The molecule has 0 saturated carbocycles. The summed E-state index contributed by atoms with van der Waals surface area (Å²) in [5, 5.41) is 91.3. The number of imidazole rings is 1. The van der Waals surface area contributed by atoms with Crippen molar-refractivity contribution >= 4 is 34.8 Å². The van der Waals surface area contributed by atoms with E-state index in [1.807, 2.05) is 0 Å². The predicted molar refractivity (Wildman–Crippen MR) is 267 cm³/mol. The molecule has 15 N–H and O–H groups in total. The van der Waals surface area contributed by atoms with Crippen molar-refractivity contribution in [2.24, 2.45) is 10.7 Å². The second-order valence-corrected chi connectivity index (χ2v) is 19.5. The van der Waals surface area contributed by atoms with Crippen LogP contribution in [0.1, 0.15) is 48.3 Å². The van der Waals surface area contributed by atoms with Crippen LogP contribution in [0.15, 0.2) is 85.3 Å². The summed E-state index contributed by atoms with van der Waals surface area (Å²) in [5.41, 5.74) is 3.04. The second-order valence-electron chi connectivity index (χ2n) is 19.5. The summed E-state index contributed by atoms with van der Waals surface area (Å²) in [6, 6.07) is 0. The summed E-state index contributed by atoms with van der Waals surface area (Å²) in [5.74, 6) is -9.38. The largest absolute Gasteiger partial charge is 0.476 e. The van der Waals surface area contributed by atoms with E-state index in [4.69, 9.17) is 55.6 Å². The number of hydrogen-bond donors (Lipinski definition) is 13. The van der Waals surface area contributed by atoms with Crippen LogP contribution < -0.4 is 26.8 Å². The summed E-state index contributed by atoms with van der Waals surface area (Å²) in [7, 11) is 0. The normalized spacial score (nSPS) is 38.8. The lowest BCUT2D eigenvalue weighted by molar-refractivity contribution is -0.201. The molecular formula is C47H66F6N12O16. The van der Waals surface area contributed by atoms with Gasteiger partial charge in [-0.15, -0.1) is 0 Å². The monoisotopic (exact) mass is 1170 g/mol. The van der Waals surface area contributed by atoms with Gasteiger partial charge in [0.15, 0.2) is 54.6 Å². The Labute approximate surface area is 457 Å². The fraction of sp³-hybridized carbons (Fsp3) is 0.574. The topological polar surface area (TPSA) is 404 Å². The number of rotatable bonds is 10. The van der Waals surface area contributed by atoms with E-state index in [1.54, 1.807) is 6.92 Å². The zero-order valence-electron chi connectivity index (χ0n) is 43.3. The van der Waals surface area contributed by atoms with Gasteiger partial charge >= 0.3 is 0 Å². The van der Waals surface area contributed by atoms with Crippen molar-refractivity contribution in [2.75, 3.05) is 38.8 Å². The molecule has 0 spiro atoms. The molecule has 4 fully saturated rings. The molecule has 0 unspecified atom stereocenters. The van der Waals surface area contributed by atoms with Crippen molar-refractivity contribution in [3.05, 3.63) is 80.4 Å². The first-order chi connectivity index (χ1) is 37.1. The number of carbonyl (C=O) groups is 2. The zero-order valence-corrected chi connectivity index (χ0v) is 43.3. The number of carbonyl (C=O) groups excluding carboxylic acids is 2. The van der Waals surface area contributed by atoms with Crippen LogP contribution in [0.3, 0.4) is 0 Å². The van der Waals surface area contributed by atoms with Crippen molar-refractivity contribution in [3.8, 4) is 5.88 Å². The lowest BCUT2D eigenvalue weighted by Crippen LogP contribution is -2.53. The van der Waals surface area contributed by atoms with Gasteiger partial charge in [0.2, 0.25) is 11.8 Å². The Kier molecular flexibility index (Phi) is 19.1. The molecule has 7 aliphatic rings. The molecule has 16 atom stereocenters. The molecule has 0 radical (unpaired) electrons. The summed E-state index contributed by atoms with van der Waals surface area (Å²) >= 11 is 0. The first-order valence-electron chi connectivity index (χ1n) is 23.8. The van der Waals surface area contributed by atoms with Gasteiger partial charge in [-0.25, -0.2) is 36.3 Å². The second kappa shape index (κ2) is 23.7. The van der Waals surface area contributed by atoms with Crippen molar-refractivity contribution < 1.29 is 106 Å². The number of alkyl halides is 6. The van der Waals surface area contributed by atoms with E-state index in [1.165, 1.54) is 48.9 Å².